The maximum Gasteiger partial charge on any atom is 0.253 e. The van der Waals surface area contributed by atoms with Crippen molar-refractivity contribution in [2.45, 2.75) is 12.1 Å². The highest BCUT2D eigenvalue weighted by molar-refractivity contribution is 5.95. The summed E-state index contributed by atoms with van der Waals surface area (Å²) in [6, 6.07) is 14.0. The molecule has 4 nitrogen and oxygen atoms in total. The highest BCUT2D eigenvalue weighted by Gasteiger charge is 2.37. The first-order valence-corrected chi connectivity index (χ1v) is 8.21. The predicted molar refractivity (Wildman–Crippen MR) is 89.3 cm³/mol. The molecule has 0 bridgehead atoms. The first kappa shape index (κ1) is 15.3. The third-order valence-electron chi connectivity index (χ3n) is 4.68. The summed E-state index contributed by atoms with van der Waals surface area (Å²) in [5.74, 6) is -0.250. The molecule has 2 aliphatic rings. The number of carbonyl (C=O) groups is 1. The first-order chi connectivity index (χ1) is 11.7. The van der Waals surface area contributed by atoms with E-state index in [9.17, 15) is 9.18 Å². The van der Waals surface area contributed by atoms with Crippen molar-refractivity contribution in [2.24, 2.45) is 0 Å². The van der Waals surface area contributed by atoms with Crippen LogP contribution in [0.2, 0.25) is 0 Å². The van der Waals surface area contributed by atoms with Gasteiger partial charge < -0.3 is 15.0 Å². The van der Waals surface area contributed by atoms with Gasteiger partial charge in [0.2, 0.25) is 0 Å². The monoisotopic (exact) mass is 326 g/mol. The number of carbonyl (C=O) groups excluding carboxylic acids is 1. The van der Waals surface area contributed by atoms with Crippen LogP contribution in [0.1, 0.15) is 10.4 Å². The minimum atomic E-state index is -0.264. The number of hydrogen-bond donors (Lipinski definition) is 1. The third-order valence-corrected chi connectivity index (χ3v) is 4.68. The number of fused-ring (bicyclic) bond motifs is 1. The average molecular weight is 326 g/mol. The number of rotatable bonds is 2. The molecule has 2 heterocycles. The lowest BCUT2D eigenvalue weighted by Crippen LogP contribution is -2.47. The van der Waals surface area contributed by atoms with Crippen LogP contribution < -0.4 is 5.32 Å². The van der Waals surface area contributed by atoms with Crippen molar-refractivity contribution < 1.29 is 13.9 Å². The van der Waals surface area contributed by atoms with E-state index >= 15 is 0 Å². The second kappa shape index (κ2) is 6.34. The normalized spacial score (nSPS) is 23.1. The molecule has 2 fully saturated rings. The molecule has 0 radical (unpaired) electrons. The van der Waals surface area contributed by atoms with E-state index in [4.69, 9.17) is 4.74 Å². The number of nitrogens with one attached hydrogen (secondary N) is 1. The molecule has 2 aliphatic heterocycles. The minimum absolute atomic E-state index is 0.0144. The molecule has 4 rings (SSSR count). The molecule has 2 aromatic rings. The second-order valence-corrected chi connectivity index (χ2v) is 6.27. The summed E-state index contributed by atoms with van der Waals surface area (Å²) in [7, 11) is 0. The summed E-state index contributed by atoms with van der Waals surface area (Å²) < 4.78 is 19.0. The molecular weight excluding hydrogens is 307 g/mol. The zero-order valence-corrected chi connectivity index (χ0v) is 13.2. The van der Waals surface area contributed by atoms with Gasteiger partial charge in [0, 0.05) is 25.2 Å². The van der Waals surface area contributed by atoms with Crippen LogP contribution >= 0.6 is 0 Å². The lowest BCUT2D eigenvalue weighted by atomic mass is 10.0. The van der Waals surface area contributed by atoms with Gasteiger partial charge in [-0.3, -0.25) is 4.79 Å². The van der Waals surface area contributed by atoms with Gasteiger partial charge in [-0.05, 0) is 35.4 Å². The number of amides is 1. The molecule has 1 N–H and O–H groups in total. The van der Waals surface area contributed by atoms with E-state index in [1.807, 2.05) is 23.1 Å². The SMILES string of the molecule is O=C(c1ccc(-c2cccc(F)c2)cc1)N1C[C@@H]2NCCO[C@H]2C1. The molecular formula is C19H19FN2O2. The highest BCUT2D eigenvalue weighted by Crippen LogP contribution is 2.23. The Morgan fingerprint density at radius 3 is 2.71 bits per heavy atom. The van der Waals surface area contributed by atoms with Crippen LogP contribution in [0, 0.1) is 5.82 Å². The molecule has 0 aliphatic carbocycles. The number of ether oxygens (including phenoxy) is 1. The van der Waals surface area contributed by atoms with Crippen LogP contribution in [0.25, 0.3) is 11.1 Å². The number of likely N-dealkylation sites (tertiary alicyclic amines) is 1. The van der Waals surface area contributed by atoms with Crippen LogP contribution in [0.4, 0.5) is 4.39 Å². The fraction of sp³-hybridized carbons (Fsp3) is 0.316. The standard InChI is InChI=1S/C19H19FN2O2/c20-16-3-1-2-15(10-16)13-4-6-14(7-5-13)19(23)22-11-17-18(12-22)24-9-8-21-17/h1-7,10,17-18,21H,8-9,11-12H2/t17-,18-/m0/s1. The summed E-state index contributed by atoms with van der Waals surface area (Å²) in [6.07, 6.45) is 0.0919. The fourth-order valence-electron chi connectivity index (χ4n) is 3.42. The third kappa shape index (κ3) is 2.92. The zero-order valence-electron chi connectivity index (χ0n) is 13.2. The van der Waals surface area contributed by atoms with Crippen molar-refractivity contribution in [3.8, 4) is 11.1 Å². The maximum atomic E-state index is 13.3. The summed E-state index contributed by atoms with van der Waals surface area (Å²) >= 11 is 0. The number of morpholine rings is 1. The lowest BCUT2D eigenvalue weighted by molar-refractivity contribution is 0.0176. The van der Waals surface area contributed by atoms with Crippen LogP contribution in [-0.2, 0) is 4.74 Å². The predicted octanol–water partition coefficient (Wildman–Crippen LogP) is 2.31. The smallest absolute Gasteiger partial charge is 0.253 e. The molecule has 2 atom stereocenters. The minimum Gasteiger partial charge on any atom is -0.373 e. The fourth-order valence-corrected chi connectivity index (χ4v) is 3.42. The topological polar surface area (TPSA) is 41.6 Å². The van der Waals surface area contributed by atoms with Crippen molar-refractivity contribution in [3.63, 3.8) is 0 Å². The van der Waals surface area contributed by atoms with Crippen molar-refractivity contribution in [1.82, 2.24) is 10.2 Å². The molecule has 124 valence electrons. The molecule has 24 heavy (non-hydrogen) atoms. The van der Waals surface area contributed by atoms with E-state index in [0.717, 1.165) is 17.7 Å². The number of halogens is 1. The Morgan fingerprint density at radius 1 is 1.12 bits per heavy atom. The Hall–Kier alpha value is -2.24. The van der Waals surface area contributed by atoms with Gasteiger partial charge in [-0.2, -0.15) is 0 Å². The van der Waals surface area contributed by atoms with Crippen molar-refractivity contribution in [3.05, 3.63) is 59.9 Å². The largest absolute Gasteiger partial charge is 0.373 e. The molecule has 2 saturated heterocycles. The van der Waals surface area contributed by atoms with Gasteiger partial charge in [-0.25, -0.2) is 4.39 Å². The van der Waals surface area contributed by atoms with Gasteiger partial charge in [-0.1, -0.05) is 24.3 Å². The first-order valence-electron chi connectivity index (χ1n) is 8.21. The van der Waals surface area contributed by atoms with Crippen LogP contribution in [0.3, 0.4) is 0 Å². The molecule has 0 saturated carbocycles. The van der Waals surface area contributed by atoms with E-state index in [0.29, 0.717) is 25.3 Å². The molecule has 0 spiro atoms. The van der Waals surface area contributed by atoms with Gasteiger partial charge in [0.05, 0.1) is 18.8 Å². The zero-order chi connectivity index (χ0) is 16.5. The van der Waals surface area contributed by atoms with Crippen molar-refractivity contribution in [2.75, 3.05) is 26.2 Å². The Labute approximate surface area is 140 Å². The Morgan fingerprint density at radius 2 is 1.96 bits per heavy atom. The van der Waals surface area contributed by atoms with Crippen LogP contribution in [0.15, 0.2) is 48.5 Å². The van der Waals surface area contributed by atoms with E-state index in [1.165, 1.54) is 12.1 Å². The maximum absolute atomic E-state index is 13.3. The Balaban J connectivity index is 1.49. The Kier molecular flexibility index (Phi) is 4.04. The lowest BCUT2D eigenvalue weighted by Gasteiger charge is -2.25. The average Bonchev–Trinajstić information content (AvgIpc) is 3.05. The van der Waals surface area contributed by atoms with Gasteiger partial charge in [-0.15, -0.1) is 0 Å². The van der Waals surface area contributed by atoms with Crippen LogP contribution in [0.5, 0.6) is 0 Å². The van der Waals surface area contributed by atoms with Crippen molar-refractivity contribution >= 4 is 5.91 Å². The Bertz CT molecular complexity index is 733. The van der Waals surface area contributed by atoms with E-state index < -0.39 is 0 Å². The van der Waals surface area contributed by atoms with Gasteiger partial charge in [0.1, 0.15) is 5.82 Å². The highest BCUT2D eigenvalue weighted by atomic mass is 19.1. The van der Waals surface area contributed by atoms with E-state index in [1.54, 1.807) is 18.2 Å². The van der Waals surface area contributed by atoms with E-state index in [2.05, 4.69) is 5.32 Å². The molecule has 0 aromatic heterocycles. The molecule has 5 heteroatoms. The second-order valence-electron chi connectivity index (χ2n) is 6.27. The number of hydrogen-bond acceptors (Lipinski definition) is 3. The molecule has 0 unspecified atom stereocenters. The molecule has 2 aromatic carbocycles. The van der Waals surface area contributed by atoms with Gasteiger partial charge >= 0.3 is 0 Å². The summed E-state index contributed by atoms with van der Waals surface area (Å²) in [5, 5.41) is 3.40. The van der Waals surface area contributed by atoms with Crippen molar-refractivity contribution in [1.29, 1.82) is 0 Å². The molecule has 1 amide bonds. The summed E-state index contributed by atoms with van der Waals surface area (Å²) in [4.78, 5) is 14.5. The number of benzene rings is 2. The summed E-state index contributed by atoms with van der Waals surface area (Å²) in [5.41, 5.74) is 2.35. The number of nitrogens with zero attached hydrogens (tertiary/aromatic N) is 1. The van der Waals surface area contributed by atoms with E-state index in [-0.39, 0.29) is 23.9 Å². The summed E-state index contributed by atoms with van der Waals surface area (Å²) in [6.45, 7) is 2.84. The quantitative estimate of drug-likeness (QED) is 0.921. The van der Waals surface area contributed by atoms with Gasteiger partial charge in [0.15, 0.2) is 0 Å². The van der Waals surface area contributed by atoms with Crippen LogP contribution in [-0.4, -0.2) is 49.2 Å². The van der Waals surface area contributed by atoms with Gasteiger partial charge in [0.25, 0.3) is 5.91 Å².